The summed E-state index contributed by atoms with van der Waals surface area (Å²) in [5, 5.41) is 1.93. The number of carbonyl (C=O) groups is 1. The highest BCUT2D eigenvalue weighted by Crippen LogP contribution is 2.33. The van der Waals surface area contributed by atoms with Crippen molar-refractivity contribution in [3.63, 3.8) is 0 Å². The van der Waals surface area contributed by atoms with E-state index in [1.807, 2.05) is 35.7 Å². The first-order chi connectivity index (χ1) is 16.3. The molecule has 0 saturated heterocycles. The number of thiazole rings is 1. The topological polar surface area (TPSA) is 69.9 Å². The van der Waals surface area contributed by atoms with Gasteiger partial charge in [-0.05, 0) is 88.7 Å². The third kappa shape index (κ3) is 4.95. The van der Waals surface area contributed by atoms with E-state index in [1.54, 1.807) is 24.5 Å². The van der Waals surface area contributed by atoms with E-state index in [0.29, 0.717) is 33.0 Å². The minimum Gasteiger partial charge on any atom is -0.488 e. The fourth-order valence-corrected chi connectivity index (χ4v) is 7.54. The van der Waals surface area contributed by atoms with Crippen LogP contribution in [0.3, 0.4) is 0 Å². The number of halogens is 2. The molecular formula is C24H20I2N2O4S2. The molecule has 1 aromatic carbocycles. The molecule has 1 atom stereocenters. The second-order valence-electron chi connectivity index (χ2n) is 7.22. The van der Waals surface area contributed by atoms with Gasteiger partial charge in [0, 0.05) is 14.0 Å². The maximum absolute atomic E-state index is 13.7. The number of esters is 1. The Morgan fingerprint density at radius 2 is 2.15 bits per heavy atom. The van der Waals surface area contributed by atoms with E-state index in [1.165, 1.54) is 22.7 Å². The van der Waals surface area contributed by atoms with Gasteiger partial charge in [0.2, 0.25) is 0 Å². The SMILES string of the molecule is C=CCOc1c(I)cc(I)cc1/C=c1\sc2n(c1=O)[C@H](c1cccs1)C(C(=O)OCC)=C(C)N=2. The van der Waals surface area contributed by atoms with E-state index in [2.05, 4.69) is 56.8 Å². The van der Waals surface area contributed by atoms with Crippen LogP contribution in [-0.4, -0.2) is 23.8 Å². The molecule has 1 aliphatic heterocycles. The quantitative estimate of drug-likeness (QED) is 0.203. The molecule has 4 rings (SSSR count). The van der Waals surface area contributed by atoms with Crippen molar-refractivity contribution in [3.05, 3.63) is 90.8 Å². The molecule has 0 unspecified atom stereocenters. The van der Waals surface area contributed by atoms with Gasteiger partial charge in [-0.25, -0.2) is 9.79 Å². The highest BCUT2D eigenvalue weighted by molar-refractivity contribution is 14.1. The van der Waals surface area contributed by atoms with Crippen LogP contribution in [0.25, 0.3) is 6.08 Å². The van der Waals surface area contributed by atoms with Crippen molar-refractivity contribution in [3.8, 4) is 5.75 Å². The summed E-state index contributed by atoms with van der Waals surface area (Å²) in [6.45, 7) is 7.88. The lowest BCUT2D eigenvalue weighted by molar-refractivity contribution is -0.139. The van der Waals surface area contributed by atoms with E-state index < -0.39 is 12.0 Å². The lowest BCUT2D eigenvalue weighted by Gasteiger charge is -2.23. The van der Waals surface area contributed by atoms with Crippen LogP contribution in [0.5, 0.6) is 5.75 Å². The number of thiophene rings is 1. The maximum Gasteiger partial charge on any atom is 0.338 e. The Kier molecular flexibility index (Phi) is 8.10. The zero-order valence-electron chi connectivity index (χ0n) is 18.3. The van der Waals surface area contributed by atoms with Crippen molar-refractivity contribution in [2.24, 2.45) is 4.99 Å². The zero-order chi connectivity index (χ0) is 24.4. The van der Waals surface area contributed by atoms with Crippen molar-refractivity contribution in [1.82, 2.24) is 4.57 Å². The Balaban J connectivity index is 1.94. The fourth-order valence-electron chi connectivity index (χ4n) is 3.63. The standard InChI is InChI=1S/C24H20I2N2O4S2/c1-4-8-32-21-14(10-15(25)12-16(21)26)11-18-22(29)28-20(17-7-6-9-33-17)19(23(30)31-5-2)13(3)27-24(28)34-18/h4,6-7,9-12,20H,1,5,8H2,2-3H3/b18-11-/t20-/m1/s1. The van der Waals surface area contributed by atoms with Gasteiger partial charge < -0.3 is 9.47 Å². The Labute approximate surface area is 231 Å². The molecule has 0 amide bonds. The first kappa shape index (κ1) is 25.3. The number of nitrogens with zero attached hydrogens (tertiary/aromatic N) is 2. The van der Waals surface area contributed by atoms with E-state index in [0.717, 1.165) is 17.6 Å². The van der Waals surface area contributed by atoms with E-state index >= 15 is 0 Å². The molecule has 176 valence electrons. The zero-order valence-corrected chi connectivity index (χ0v) is 24.3. The summed E-state index contributed by atoms with van der Waals surface area (Å²) in [4.78, 5) is 32.6. The third-order valence-corrected chi connectivity index (χ3v) is 8.33. The Morgan fingerprint density at radius 1 is 1.35 bits per heavy atom. The molecule has 0 N–H and O–H groups in total. The largest absolute Gasteiger partial charge is 0.488 e. The number of hydrogen-bond donors (Lipinski definition) is 0. The van der Waals surface area contributed by atoms with E-state index in [9.17, 15) is 9.59 Å². The number of aromatic nitrogens is 1. The van der Waals surface area contributed by atoms with E-state index in [-0.39, 0.29) is 12.2 Å². The number of ether oxygens (including phenoxy) is 2. The maximum atomic E-state index is 13.7. The van der Waals surface area contributed by atoms with Gasteiger partial charge in [-0.2, -0.15) is 0 Å². The van der Waals surface area contributed by atoms with Gasteiger partial charge in [-0.3, -0.25) is 9.36 Å². The minimum atomic E-state index is -0.579. The Morgan fingerprint density at radius 3 is 2.82 bits per heavy atom. The predicted molar refractivity (Wildman–Crippen MR) is 152 cm³/mol. The average molecular weight is 718 g/mol. The summed E-state index contributed by atoms with van der Waals surface area (Å²) in [5.41, 5.74) is 1.54. The molecule has 1 aliphatic rings. The molecular weight excluding hydrogens is 698 g/mol. The molecule has 0 saturated carbocycles. The number of carbonyl (C=O) groups excluding carboxylic acids is 1. The molecule has 0 spiro atoms. The number of allylic oxidation sites excluding steroid dienone is 1. The lowest BCUT2D eigenvalue weighted by atomic mass is 10.0. The van der Waals surface area contributed by atoms with Crippen LogP contribution in [0.2, 0.25) is 0 Å². The minimum absolute atomic E-state index is 0.208. The van der Waals surface area contributed by atoms with Gasteiger partial charge in [0.25, 0.3) is 5.56 Å². The van der Waals surface area contributed by atoms with Crippen LogP contribution >= 0.6 is 67.9 Å². The number of benzene rings is 1. The highest BCUT2D eigenvalue weighted by Gasteiger charge is 2.33. The molecule has 0 bridgehead atoms. The van der Waals surface area contributed by atoms with Crippen molar-refractivity contribution in [2.75, 3.05) is 13.2 Å². The van der Waals surface area contributed by atoms with E-state index in [4.69, 9.17) is 9.47 Å². The van der Waals surface area contributed by atoms with Gasteiger partial charge in [0.15, 0.2) is 4.80 Å². The summed E-state index contributed by atoms with van der Waals surface area (Å²) in [7, 11) is 0. The molecule has 0 radical (unpaired) electrons. The first-order valence-electron chi connectivity index (χ1n) is 10.3. The van der Waals surface area contributed by atoms with Crippen molar-refractivity contribution in [1.29, 1.82) is 0 Å². The van der Waals surface area contributed by atoms with Crippen LogP contribution in [0, 0.1) is 7.14 Å². The van der Waals surface area contributed by atoms with Crippen LogP contribution < -0.4 is 19.6 Å². The number of fused-ring (bicyclic) bond motifs is 1. The molecule has 2 aromatic heterocycles. The average Bonchev–Trinajstić information content (AvgIpc) is 3.41. The Hall–Kier alpha value is -1.77. The molecule has 0 aliphatic carbocycles. The first-order valence-corrected chi connectivity index (χ1v) is 14.2. The summed E-state index contributed by atoms with van der Waals surface area (Å²) in [5.74, 6) is 0.244. The summed E-state index contributed by atoms with van der Waals surface area (Å²) < 4.78 is 15.3. The van der Waals surface area contributed by atoms with Gasteiger partial charge in [-0.1, -0.05) is 30.1 Å². The van der Waals surface area contributed by atoms with Crippen molar-refractivity contribution < 1.29 is 14.3 Å². The molecule has 0 fully saturated rings. The molecule has 34 heavy (non-hydrogen) atoms. The summed E-state index contributed by atoms with van der Waals surface area (Å²) in [6, 6.07) is 7.25. The van der Waals surface area contributed by atoms with Crippen LogP contribution in [0.4, 0.5) is 0 Å². The lowest BCUT2D eigenvalue weighted by Crippen LogP contribution is -2.39. The van der Waals surface area contributed by atoms with Crippen LogP contribution in [0.1, 0.15) is 30.3 Å². The smallest absolute Gasteiger partial charge is 0.338 e. The van der Waals surface area contributed by atoms with Crippen molar-refractivity contribution >= 4 is 79.9 Å². The monoisotopic (exact) mass is 718 g/mol. The molecule has 10 heteroatoms. The molecule has 6 nitrogen and oxygen atoms in total. The fraction of sp³-hybridized carbons (Fsp3) is 0.208. The van der Waals surface area contributed by atoms with Gasteiger partial charge >= 0.3 is 5.97 Å². The summed E-state index contributed by atoms with van der Waals surface area (Å²) >= 11 is 7.27. The second kappa shape index (κ2) is 10.9. The Bertz CT molecular complexity index is 1470. The second-order valence-corrected chi connectivity index (χ2v) is 11.6. The normalized spacial score (nSPS) is 15.6. The third-order valence-electron chi connectivity index (χ3n) is 5.00. The van der Waals surface area contributed by atoms with Gasteiger partial charge in [0.1, 0.15) is 18.4 Å². The molecule has 3 heterocycles. The highest BCUT2D eigenvalue weighted by atomic mass is 127. The van der Waals surface area contributed by atoms with Gasteiger partial charge in [0.05, 0.1) is 26.0 Å². The molecule has 3 aromatic rings. The van der Waals surface area contributed by atoms with Crippen molar-refractivity contribution in [2.45, 2.75) is 19.9 Å². The van der Waals surface area contributed by atoms with Crippen LogP contribution in [0.15, 0.2) is 63.4 Å². The number of hydrogen-bond acceptors (Lipinski definition) is 7. The predicted octanol–water partition coefficient (Wildman–Crippen LogP) is 4.63. The summed E-state index contributed by atoms with van der Waals surface area (Å²) in [6.07, 6.45) is 3.52. The van der Waals surface area contributed by atoms with Crippen LogP contribution in [-0.2, 0) is 9.53 Å². The number of rotatable bonds is 7. The van der Waals surface area contributed by atoms with Gasteiger partial charge in [-0.15, -0.1) is 11.3 Å².